The highest BCUT2D eigenvalue weighted by Crippen LogP contribution is 2.34. The Morgan fingerprint density at radius 2 is 2.05 bits per heavy atom. The van der Waals surface area contributed by atoms with Crippen LogP contribution in [0, 0.1) is 11.2 Å². The zero-order valence-corrected chi connectivity index (χ0v) is 12.7. The van der Waals surface area contributed by atoms with Crippen LogP contribution in [-0.2, 0) is 0 Å². The number of rotatable bonds is 5. The molecule has 1 unspecified atom stereocenters. The quantitative estimate of drug-likeness (QED) is 0.889. The smallest absolute Gasteiger partial charge is 0.123 e. The Labute approximate surface area is 122 Å². The summed E-state index contributed by atoms with van der Waals surface area (Å²) in [4.78, 5) is 2.50. The Morgan fingerprint density at radius 1 is 1.35 bits per heavy atom. The van der Waals surface area contributed by atoms with Crippen LogP contribution in [0.4, 0.5) is 4.39 Å². The van der Waals surface area contributed by atoms with Gasteiger partial charge in [0.05, 0.1) is 0 Å². The number of likely N-dealkylation sites (tertiary alicyclic amines) is 1. The minimum atomic E-state index is -0.199. The molecule has 1 saturated heterocycles. The van der Waals surface area contributed by atoms with Gasteiger partial charge in [0.25, 0.3) is 0 Å². The number of hydrogen-bond acceptors (Lipinski definition) is 2. The maximum absolute atomic E-state index is 13.2. The normalized spacial score (nSPS) is 20.8. The van der Waals surface area contributed by atoms with Crippen molar-refractivity contribution in [3.8, 4) is 0 Å². The van der Waals surface area contributed by atoms with Gasteiger partial charge in [-0.05, 0) is 62.0 Å². The third-order valence-electron chi connectivity index (χ3n) is 4.95. The van der Waals surface area contributed by atoms with E-state index in [9.17, 15) is 4.39 Å². The minimum Gasteiger partial charge on any atom is -0.324 e. The molecule has 1 atom stereocenters. The Balaban J connectivity index is 1.79. The summed E-state index contributed by atoms with van der Waals surface area (Å²) in [7, 11) is 0. The van der Waals surface area contributed by atoms with E-state index in [2.05, 4.69) is 18.7 Å². The van der Waals surface area contributed by atoms with E-state index in [4.69, 9.17) is 5.73 Å². The van der Waals surface area contributed by atoms with Crippen LogP contribution < -0.4 is 5.73 Å². The third kappa shape index (κ3) is 4.03. The van der Waals surface area contributed by atoms with Gasteiger partial charge in [0.15, 0.2) is 0 Å². The van der Waals surface area contributed by atoms with Crippen LogP contribution in [0.15, 0.2) is 24.3 Å². The first-order valence-corrected chi connectivity index (χ1v) is 7.76. The SMILES string of the molecule is CCC1(C)CCN(CCC(N)c2cccc(F)c2)CC1. The van der Waals surface area contributed by atoms with Crippen LogP contribution in [-0.4, -0.2) is 24.5 Å². The molecule has 2 nitrogen and oxygen atoms in total. The van der Waals surface area contributed by atoms with Crippen molar-refractivity contribution in [2.24, 2.45) is 11.1 Å². The molecule has 1 fully saturated rings. The van der Waals surface area contributed by atoms with E-state index in [-0.39, 0.29) is 11.9 Å². The van der Waals surface area contributed by atoms with E-state index in [1.165, 1.54) is 38.4 Å². The summed E-state index contributed by atoms with van der Waals surface area (Å²) in [6, 6.07) is 6.60. The van der Waals surface area contributed by atoms with Gasteiger partial charge in [-0.25, -0.2) is 4.39 Å². The molecule has 1 aromatic carbocycles. The topological polar surface area (TPSA) is 29.3 Å². The van der Waals surface area contributed by atoms with E-state index >= 15 is 0 Å². The number of benzene rings is 1. The maximum atomic E-state index is 13.2. The summed E-state index contributed by atoms with van der Waals surface area (Å²) in [5.41, 5.74) is 7.60. The molecule has 0 aromatic heterocycles. The lowest BCUT2D eigenvalue weighted by Crippen LogP contribution is -2.39. The fourth-order valence-electron chi connectivity index (χ4n) is 2.90. The zero-order valence-electron chi connectivity index (χ0n) is 12.7. The first-order chi connectivity index (χ1) is 9.52. The van der Waals surface area contributed by atoms with E-state index < -0.39 is 0 Å². The molecule has 0 aliphatic carbocycles. The minimum absolute atomic E-state index is 0.0646. The molecule has 2 N–H and O–H groups in total. The molecule has 3 heteroatoms. The van der Waals surface area contributed by atoms with E-state index in [0.717, 1.165) is 18.5 Å². The van der Waals surface area contributed by atoms with Gasteiger partial charge in [-0.3, -0.25) is 0 Å². The summed E-state index contributed by atoms with van der Waals surface area (Å²) in [5.74, 6) is -0.199. The van der Waals surface area contributed by atoms with Gasteiger partial charge in [-0.1, -0.05) is 32.4 Å². The lowest BCUT2D eigenvalue weighted by Gasteiger charge is -2.39. The second kappa shape index (κ2) is 6.68. The molecule has 0 radical (unpaired) electrons. The molecular formula is C17H27FN2. The highest BCUT2D eigenvalue weighted by molar-refractivity contribution is 5.19. The summed E-state index contributed by atoms with van der Waals surface area (Å²) >= 11 is 0. The Morgan fingerprint density at radius 3 is 2.65 bits per heavy atom. The highest BCUT2D eigenvalue weighted by atomic mass is 19.1. The molecule has 112 valence electrons. The molecule has 0 amide bonds. The van der Waals surface area contributed by atoms with Crippen molar-refractivity contribution in [3.63, 3.8) is 0 Å². The van der Waals surface area contributed by atoms with Gasteiger partial charge in [0.2, 0.25) is 0 Å². The van der Waals surface area contributed by atoms with Crippen LogP contribution >= 0.6 is 0 Å². The van der Waals surface area contributed by atoms with Gasteiger partial charge < -0.3 is 10.6 Å². The second-order valence-electron chi connectivity index (χ2n) is 6.46. The Bertz CT molecular complexity index is 425. The molecule has 1 aromatic rings. The molecule has 0 spiro atoms. The fraction of sp³-hybridized carbons (Fsp3) is 0.647. The summed E-state index contributed by atoms with van der Waals surface area (Å²) in [6.45, 7) is 8.02. The molecule has 2 rings (SSSR count). The van der Waals surface area contributed by atoms with Crippen molar-refractivity contribution in [3.05, 3.63) is 35.6 Å². The van der Waals surface area contributed by atoms with Crippen molar-refractivity contribution in [2.75, 3.05) is 19.6 Å². The van der Waals surface area contributed by atoms with Crippen LogP contribution in [0.5, 0.6) is 0 Å². The lowest BCUT2D eigenvalue weighted by atomic mass is 9.78. The Kier molecular flexibility index (Phi) is 5.17. The van der Waals surface area contributed by atoms with Crippen LogP contribution in [0.3, 0.4) is 0 Å². The number of nitrogens with zero attached hydrogens (tertiary/aromatic N) is 1. The van der Waals surface area contributed by atoms with E-state index in [0.29, 0.717) is 5.41 Å². The van der Waals surface area contributed by atoms with Crippen molar-refractivity contribution >= 4 is 0 Å². The number of halogens is 1. The van der Waals surface area contributed by atoms with Gasteiger partial charge in [-0.2, -0.15) is 0 Å². The lowest BCUT2D eigenvalue weighted by molar-refractivity contribution is 0.112. The first-order valence-electron chi connectivity index (χ1n) is 7.76. The molecular weight excluding hydrogens is 251 g/mol. The molecule has 0 saturated carbocycles. The monoisotopic (exact) mass is 278 g/mol. The molecule has 1 heterocycles. The van der Waals surface area contributed by atoms with Crippen molar-refractivity contribution in [1.82, 2.24) is 4.90 Å². The van der Waals surface area contributed by atoms with Crippen LogP contribution in [0.2, 0.25) is 0 Å². The highest BCUT2D eigenvalue weighted by Gasteiger charge is 2.28. The predicted molar refractivity (Wildman–Crippen MR) is 82.0 cm³/mol. The summed E-state index contributed by atoms with van der Waals surface area (Å²) in [6.07, 6.45) is 4.72. The van der Waals surface area contributed by atoms with Crippen molar-refractivity contribution in [1.29, 1.82) is 0 Å². The average Bonchev–Trinajstić information content (AvgIpc) is 2.46. The summed E-state index contributed by atoms with van der Waals surface area (Å²) in [5, 5.41) is 0. The fourth-order valence-corrected chi connectivity index (χ4v) is 2.90. The Hall–Kier alpha value is -0.930. The molecule has 0 bridgehead atoms. The molecule has 20 heavy (non-hydrogen) atoms. The van der Waals surface area contributed by atoms with Gasteiger partial charge >= 0.3 is 0 Å². The zero-order chi connectivity index (χ0) is 14.6. The third-order valence-corrected chi connectivity index (χ3v) is 4.95. The van der Waals surface area contributed by atoms with Crippen LogP contribution in [0.25, 0.3) is 0 Å². The molecule has 1 aliphatic heterocycles. The van der Waals surface area contributed by atoms with Crippen LogP contribution in [0.1, 0.15) is 51.1 Å². The average molecular weight is 278 g/mol. The van der Waals surface area contributed by atoms with Gasteiger partial charge in [0, 0.05) is 6.04 Å². The largest absolute Gasteiger partial charge is 0.324 e. The summed E-state index contributed by atoms with van der Waals surface area (Å²) < 4.78 is 13.2. The first kappa shape index (κ1) is 15.5. The number of hydrogen-bond donors (Lipinski definition) is 1. The van der Waals surface area contributed by atoms with E-state index in [1.54, 1.807) is 12.1 Å². The van der Waals surface area contributed by atoms with E-state index in [1.807, 2.05) is 6.07 Å². The number of nitrogens with two attached hydrogens (primary N) is 1. The second-order valence-corrected chi connectivity index (χ2v) is 6.46. The molecule has 1 aliphatic rings. The number of piperidine rings is 1. The van der Waals surface area contributed by atoms with Crippen molar-refractivity contribution in [2.45, 2.75) is 45.6 Å². The van der Waals surface area contributed by atoms with Gasteiger partial charge in [0.1, 0.15) is 5.82 Å². The predicted octanol–water partition coefficient (Wildman–Crippen LogP) is 3.73. The maximum Gasteiger partial charge on any atom is 0.123 e. The van der Waals surface area contributed by atoms with Gasteiger partial charge in [-0.15, -0.1) is 0 Å². The standard InChI is InChI=1S/C17H27FN2/c1-3-17(2)8-11-20(12-9-17)10-7-16(19)14-5-4-6-15(18)13-14/h4-6,13,16H,3,7-12,19H2,1-2H3. The van der Waals surface area contributed by atoms with Crippen molar-refractivity contribution < 1.29 is 4.39 Å².